The maximum absolute atomic E-state index is 13.4. The normalized spacial score (nSPS) is 19.6. The fourth-order valence-electron chi connectivity index (χ4n) is 4.90. The van der Waals surface area contributed by atoms with Crippen molar-refractivity contribution < 1.29 is 29.4 Å². The number of aliphatic hydroxyl groups is 2. The number of fused-ring (bicyclic) bond motifs is 1. The molecule has 1 aliphatic carbocycles. The smallest absolute Gasteiger partial charge is 0.246 e. The van der Waals surface area contributed by atoms with Crippen LogP contribution in [0.2, 0.25) is 0 Å². The van der Waals surface area contributed by atoms with E-state index in [4.69, 9.17) is 10.2 Å². The summed E-state index contributed by atoms with van der Waals surface area (Å²) in [6.07, 6.45) is 3.06. The number of amides is 4. The third kappa shape index (κ3) is 8.94. The van der Waals surface area contributed by atoms with E-state index < -0.39 is 23.8 Å². The van der Waals surface area contributed by atoms with Crippen LogP contribution >= 0.6 is 11.8 Å². The van der Waals surface area contributed by atoms with Gasteiger partial charge in [-0.15, -0.1) is 0 Å². The number of thioether (sulfide) groups is 1. The van der Waals surface area contributed by atoms with E-state index in [2.05, 4.69) is 21.3 Å². The third-order valence-corrected chi connectivity index (χ3v) is 7.55. The molecule has 0 radical (unpaired) electrons. The summed E-state index contributed by atoms with van der Waals surface area (Å²) in [7, 11) is 0. The van der Waals surface area contributed by atoms with Gasteiger partial charge < -0.3 is 31.5 Å². The Morgan fingerprint density at radius 3 is 1.97 bits per heavy atom. The molecular formula is C28H38N4O6S. The summed E-state index contributed by atoms with van der Waals surface area (Å²) in [6, 6.07) is 12.7. The molecule has 39 heavy (non-hydrogen) atoms. The second kappa shape index (κ2) is 15.4. The number of carbonyl (C=O) groups is 4. The Hall–Kier alpha value is -3.15. The van der Waals surface area contributed by atoms with Crippen LogP contribution in [0.15, 0.2) is 42.5 Å². The highest BCUT2D eigenvalue weighted by atomic mass is 32.2. The molecule has 2 aromatic carbocycles. The highest BCUT2D eigenvalue weighted by molar-refractivity contribution is 7.98. The molecule has 1 fully saturated rings. The van der Waals surface area contributed by atoms with Crippen molar-refractivity contribution in [3.8, 4) is 0 Å². The fourth-order valence-corrected chi connectivity index (χ4v) is 5.37. The highest BCUT2D eigenvalue weighted by Gasteiger charge is 2.39. The van der Waals surface area contributed by atoms with E-state index in [0.717, 1.165) is 10.8 Å². The molecule has 0 bridgehead atoms. The predicted molar refractivity (Wildman–Crippen MR) is 152 cm³/mol. The summed E-state index contributed by atoms with van der Waals surface area (Å²) in [5.74, 6) is -2.56. The molecule has 212 valence electrons. The zero-order valence-electron chi connectivity index (χ0n) is 22.2. The van der Waals surface area contributed by atoms with Gasteiger partial charge in [-0.05, 0) is 60.6 Å². The monoisotopic (exact) mass is 558 g/mol. The zero-order valence-corrected chi connectivity index (χ0v) is 23.0. The fraction of sp³-hybridized carbons (Fsp3) is 0.500. The average molecular weight is 559 g/mol. The van der Waals surface area contributed by atoms with E-state index in [0.29, 0.717) is 17.9 Å². The van der Waals surface area contributed by atoms with Crippen LogP contribution in [-0.4, -0.2) is 78.2 Å². The van der Waals surface area contributed by atoms with Gasteiger partial charge in [0.2, 0.25) is 23.6 Å². The molecule has 3 rings (SSSR count). The Balaban J connectivity index is 1.72. The minimum Gasteiger partial charge on any atom is -0.395 e. The largest absolute Gasteiger partial charge is 0.395 e. The van der Waals surface area contributed by atoms with Crippen molar-refractivity contribution >= 4 is 51.9 Å². The minimum atomic E-state index is -0.790. The quantitative estimate of drug-likeness (QED) is 0.216. The van der Waals surface area contributed by atoms with Gasteiger partial charge in [-0.3, -0.25) is 19.2 Å². The van der Waals surface area contributed by atoms with Crippen LogP contribution in [0.3, 0.4) is 0 Å². The van der Waals surface area contributed by atoms with Crippen LogP contribution < -0.4 is 21.3 Å². The Bertz CT molecular complexity index is 1120. The lowest BCUT2D eigenvalue weighted by molar-refractivity contribution is -0.136. The number of hydrogen-bond donors (Lipinski definition) is 6. The molecule has 0 aromatic heterocycles. The topological polar surface area (TPSA) is 157 Å². The SMILES string of the molecule is CSCC[C@H](NC(=O)[C@@H]1C[C@H](C(=O)NCCO)C[C@H](C(=O)NCCO)C1)C(=O)Nc1ccc2ccccc2c1. The maximum Gasteiger partial charge on any atom is 0.246 e. The van der Waals surface area contributed by atoms with Gasteiger partial charge in [0.05, 0.1) is 13.2 Å². The van der Waals surface area contributed by atoms with Gasteiger partial charge in [0, 0.05) is 36.5 Å². The minimum absolute atomic E-state index is 0.0826. The summed E-state index contributed by atoms with van der Waals surface area (Å²) in [5, 5.41) is 31.2. The van der Waals surface area contributed by atoms with Crippen LogP contribution in [0.4, 0.5) is 5.69 Å². The van der Waals surface area contributed by atoms with Crippen molar-refractivity contribution in [3.05, 3.63) is 42.5 Å². The Morgan fingerprint density at radius 2 is 1.41 bits per heavy atom. The standard InChI is InChI=1S/C28H38N4O6S/c1-39-13-8-24(28(38)31-23-7-6-18-4-2-3-5-19(18)17-23)32-27(37)22-15-20(25(35)29-9-11-33)14-21(16-22)26(36)30-10-12-34/h2-7,17,20-22,24,33-34H,8-16H2,1H3,(H,29,35)(H,30,36)(H,31,38)(H,32,37)/t20-,21+,22-,24-/m0/s1. The Kier molecular flexibility index (Phi) is 12.0. The summed E-state index contributed by atoms with van der Waals surface area (Å²) >= 11 is 1.56. The molecule has 2 aromatic rings. The van der Waals surface area contributed by atoms with Crippen molar-refractivity contribution in [1.82, 2.24) is 16.0 Å². The van der Waals surface area contributed by atoms with Crippen LogP contribution in [0.5, 0.6) is 0 Å². The lowest BCUT2D eigenvalue weighted by Crippen LogP contribution is -2.49. The average Bonchev–Trinajstić information content (AvgIpc) is 2.96. The van der Waals surface area contributed by atoms with Crippen LogP contribution in [-0.2, 0) is 19.2 Å². The lowest BCUT2D eigenvalue weighted by Gasteiger charge is -2.33. The molecule has 11 heteroatoms. The molecule has 4 atom stereocenters. The number of benzene rings is 2. The first-order valence-electron chi connectivity index (χ1n) is 13.2. The van der Waals surface area contributed by atoms with E-state index in [1.165, 1.54) is 0 Å². The van der Waals surface area contributed by atoms with E-state index in [-0.39, 0.29) is 69.2 Å². The Labute approximate surface area is 232 Å². The molecule has 0 saturated heterocycles. The summed E-state index contributed by atoms with van der Waals surface area (Å²) in [4.78, 5) is 52.0. The van der Waals surface area contributed by atoms with Gasteiger partial charge in [0.15, 0.2) is 0 Å². The second-order valence-corrected chi connectivity index (χ2v) is 10.7. The molecule has 0 unspecified atom stereocenters. The first-order valence-corrected chi connectivity index (χ1v) is 14.6. The van der Waals surface area contributed by atoms with Crippen molar-refractivity contribution in [1.29, 1.82) is 0 Å². The number of nitrogens with one attached hydrogen (secondary N) is 4. The highest BCUT2D eigenvalue weighted by Crippen LogP contribution is 2.34. The number of aliphatic hydroxyl groups excluding tert-OH is 2. The first kappa shape index (κ1) is 30.4. The van der Waals surface area contributed by atoms with Gasteiger partial charge in [-0.2, -0.15) is 11.8 Å². The van der Waals surface area contributed by atoms with E-state index >= 15 is 0 Å². The molecule has 0 spiro atoms. The van der Waals surface area contributed by atoms with Gasteiger partial charge in [0.25, 0.3) is 0 Å². The number of rotatable bonds is 13. The maximum atomic E-state index is 13.4. The van der Waals surface area contributed by atoms with Crippen molar-refractivity contribution in [2.45, 2.75) is 31.7 Å². The number of anilines is 1. The van der Waals surface area contributed by atoms with Crippen LogP contribution in [0, 0.1) is 17.8 Å². The van der Waals surface area contributed by atoms with E-state index in [1.807, 2.05) is 48.7 Å². The van der Waals surface area contributed by atoms with Crippen molar-refractivity contribution in [3.63, 3.8) is 0 Å². The molecule has 0 aliphatic heterocycles. The molecule has 0 heterocycles. The summed E-state index contributed by atoms with van der Waals surface area (Å²) in [6.45, 7) is -0.267. The molecule has 4 amide bonds. The molecule has 6 N–H and O–H groups in total. The van der Waals surface area contributed by atoms with Crippen molar-refractivity contribution in [2.75, 3.05) is 43.6 Å². The molecular weight excluding hydrogens is 520 g/mol. The van der Waals surface area contributed by atoms with Gasteiger partial charge in [0.1, 0.15) is 6.04 Å². The van der Waals surface area contributed by atoms with Crippen molar-refractivity contribution in [2.24, 2.45) is 17.8 Å². The number of carbonyl (C=O) groups excluding carboxylic acids is 4. The lowest BCUT2D eigenvalue weighted by atomic mass is 9.74. The van der Waals surface area contributed by atoms with Gasteiger partial charge in [-0.1, -0.05) is 30.3 Å². The van der Waals surface area contributed by atoms with Gasteiger partial charge in [-0.25, -0.2) is 0 Å². The number of hydrogen-bond acceptors (Lipinski definition) is 7. The van der Waals surface area contributed by atoms with Gasteiger partial charge >= 0.3 is 0 Å². The predicted octanol–water partition coefficient (Wildman–Crippen LogP) is 1.27. The molecule has 10 nitrogen and oxygen atoms in total. The van der Waals surface area contributed by atoms with E-state index in [9.17, 15) is 19.2 Å². The van der Waals surface area contributed by atoms with Crippen LogP contribution in [0.1, 0.15) is 25.7 Å². The van der Waals surface area contributed by atoms with E-state index in [1.54, 1.807) is 11.8 Å². The summed E-state index contributed by atoms with van der Waals surface area (Å²) in [5.41, 5.74) is 0.626. The van der Waals surface area contributed by atoms with Crippen LogP contribution in [0.25, 0.3) is 10.8 Å². The second-order valence-electron chi connectivity index (χ2n) is 9.72. The third-order valence-electron chi connectivity index (χ3n) is 6.90. The Morgan fingerprint density at radius 1 is 0.846 bits per heavy atom. The molecule has 1 saturated carbocycles. The summed E-state index contributed by atoms with van der Waals surface area (Å²) < 4.78 is 0. The molecule has 1 aliphatic rings. The zero-order chi connectivity index (χ0) is 28.2. The first-order chi connectivity index (χ1) is 18.9.